The number of nitrogens with zero attached hydrogens (tertiary/aromatic N) is 1. The van der Waals surface area contributed by atoms with E-state index in [9.17, 15) is 0 Å². The first-order valence-corrected chi connectivity index (χ1v) is 4.67. The fourth-order valence-electron chi connectivity index (χ4n) is 1.20. The Labute approximate surface area is 79.4 Å². The van der Waals surface area contributed by atoms with E-state index >= 15 is 0 Å². The lowest BCUT2D eigenvalue weighted by atomic mass is 10.1. The molecule has 0 fully saturated rings. The number of fused-ring (bicyclic) bond motifs is 1. The summed E-state index contributed by atoms with van der Waals surface area (Å²) in [4.78, 5) is 4.04. The SMILES string of the molecule is CC.Cc1ccc2cnccc2c1. The van der Waals surface area contributed by atoms with Gasteiger partial charge in [-0.05, 0) is 18.4 Å². The predicted molar refractivity (Wildman–Crippen MR) is 57.8 cm³/mol. The lowest BCUT2D eigenvalue weighted by Gasteiger charge is -1.96. The third-order valence-electron chi connectivity index (χ3n) is 1.80. The van der Waals surface area contributed by atoms with E-state index in [0.29, 0.717) is 0 Å². The van der Waals surface area contributed by atoms with Gasteiger partial charge in [-0.25, -0.2) is 0 Å². The van der Waals surface area contributed by atoms with E-state index in [1.165, 1.54) is 16.3 Å². The lowest BCUT2D eigenvalue weighted by Crippen LogP contribution is -1.75. The maximum atomic E-state index is 4.04. The van der Waals surface area contributed by atoms with Gasteiger partial charge in [0.2, 0.25) is 0 Å². The molecular formula is C12H15N. The number of hydrogen-bond acceptors (Lipinski definition) is 1. The molecule has 1 heteroatoms. The summed E-state index contributed by atoms with van der Waals surface area (Å²) in [7, 11) is 0. The second-order valence-electron chi connectivity index (χ2n) is 2.73. The van der Waals surface area contributed by atoms with E-state index in [0.717, 1.165) is 0 Å². The van der Waals surface area contributed by atoms with Crippen LogP contribution in [-0.4, -0.2) is 4.98 Å². The number of aromatic nitrogens is 1. The first-order chi connectivity index (χ1) is 6.36. The van der Waals surface area contributed by atoms with Gasteiger partial charge < -0.3 is 0 Å². The highest BCUT2D eigenvalue weighted by molar-refractivity contribution is 5.81. The summed E-state index contributed by atoms with van der Waals surface area (Å²) in [5.41, 5.74) is 1.30. The molecule has 2 rings (SSSR count). The van der Waals surface area contributed by atoms with Crippen molar-refractivity contribution in [3.8, 4) is 0 Å². The summed E-state index contributed by atoms with van der Waals surface area (Å²) >= 11 is 0. The Kier molecular flexibility index (Phi) is 3.44. The molecule has 1 heterocycles. The van der Waals surface area contributed by atoms with Gasteiger partial charge in [-0.2, -0.15) is 0 Å². The topological polar surface area (TPSA) is 12.9 Å². The van der Waals surface area contributed by atoms with Crippen LogP contribution in [-0.2, 0) is 0 Å². The van der Waals surface area contributed by atoms with Crippen LogP contribution in [0, 0.1) is 6.92 Å². The van der Waals surface area contributed by atoms with Gasteiger partial charge in [-0.3, -0.25) is 4.98 Å². The molecule has 0 aliphatic rings. The van der Waals surface area contributed by atoms with Crippen molar-refractivity contribution in [2.45, 2.75) is 20.8 Å². The van der Waals surface area contributed by atoms with Crippen LogP contribution in [0.5, 0.6) is 0 Å². The van der Waals surface area contributed by atoms with Crippen molar-refractivity contribution in [3.05, 3.63) is 42.2 Å². The highest BCUT2D eigenvalue weighted by Gasteiger charge is 1.90. The van der Waals surface area contributed by atoms with E-state index in [1.54, 1.807) is 0 Å². The fourth-order valence-corrected chi connectivity index (χ4v) is 1.20. The minimum absolute atomic E-state index is 1.21. The average molecular weight is 173 g/mol. The quantitative estimate of drug-likeness (QED) is 0.593. The van der Waals surface area contributed by atoms with E-state index in [4.69, 9.17) is 0 Å². The summed E-state index contributed by atoms with van der Waals surface area (Å²) in [6.45, 7) is 6.10. The van der Waals surface area contributed by atoms with Gasteiger partial charge in [0.05, 0.1) is 0 Å². The van der Waals surface area contributed by atoms with Crippen LogP contribution >= 0.6 is 0 Å². The van der Waals surface area contributed by atoms with Crippen LogP contribution in [0.15, 0.2) is 36.7 Å². The number of aryl methyl sites for hydroxylation is 1. The Morgan fingerprint density at radius 2 is 1.77 bits per heavy atom. The summed E-state index contributed by atoms with van der Waals surface area (Å²) in [6.07, 6.45) is 3.70. The molecule has 1 nitrogen and oxygen atoms in total. The molecule has 0 spiro atoms. The summed E-state index contributed by atoms with van der Waals surface area (Å²) in [6, 6.07) is 8.39. The Balaban J connectivity index is 0.000000396. The third-order valence-corrected chi connectivity index (χ3v) is 1.80. The van der Waals surface area contributed by atoms with Crippen molar-refractivity contribution < 1.29 is 0 Å². The van der Waals surface area contributed by atoms with E-state index < -0.39 is 0 Å². The fraction of sp³-hybridized carbons (Fsp3) is 0.250. The predicted octanol–water partition coefficient (Wildman–Crippen LogP) is 3.57. The first-order valence-electron chi connectivity index (χ1n) is 4.67. The molecule has 0 aliphatic carbocycles. The molecule has 13 heavy (non-hydrogen) atoms. The third kappa shape index (κ3) is 2.28. The summed E-state index contributed by atoms with van der Waals surface area (Å²) < 4.78 is 0. The van der Waals surface area contributed by atoms with Gasteiger partial charge in [-0.1, -0.05) is 37.6 Å². The second kappa shape index (κ2) is 4.61. The highest BCUT2D eigenvalue weighted by Crippen LogP contribution is 2.12. The van der Waals surface area contributed by atoms with Crippen molar-refractivity contribution in [3.63, 3.8) is 0 Å². The van der Waals surface area contributed by atoms with Gasteiger partial charge >= 0.3 is 0 Å². The number of rotatable bonds is 0. The Bertz CT molecular complexity index is 380. The highest BCUT2D eigenvalue weighted by atomic mass is 14.6. The van der Waals surface area contributed by atoms with Crippen molar-refractivity contribution >= 4 is 10.8 Å². The zero-order valence-electron chi connectivity index (χ0n) is 8.41. The van der Waals surface area contributed by atoms with Crippen LogP contribution in [0.3, 0.4) is 0 Å². The van der Waals surface area contributed by atoms with Crippen molar-refractivity contribution in [1.82, 2.24) is 4.98 Å². The minimum atomic E-state index is 1.21. The molecule has 0 saturated carbocycles. The normalized spacial score (nSPS) is 9.15. The maximum Gasteiger partial charge on any atom is 0.0346 e. The molecular weight excluding hydrogens is 158 g/mol. The van der Waals surface area contributed by atoms with E-state index in [1.807, 2.05) is 32.3 Å². The van der Waals surface area contributed by atoms with Crippen LogP contribution in [0.1, 0.15) is 19.4 Å². The van der Waals surface area contributed by atoms with E-state index in [2.05, 4.69) is 30.1 Å². The van der Waals surface area contributed by atoms with Crippen molar-refractivity contribution in [2.75, 3.05) is 0 Å². The van der Waals surface area contributed by atoms with Gasteiger partial charge in [0.25, 0.3) is 0 Å². The number of pyridine rings is 1. The van der Waals surface area contributed by atoms with Crippen LogP contribution in [0.25, 0.3) is 10.8 Å². The Morgan fingerprint density at radius 1 is 1.00 bits per heavy atom. The van der Waals surface area contributed by atoms with Crippen molar-refractivity contribution in [1.29, 1.82) is 0 Å². The smallest absolute Gasteiger partial charge is 0.0346 e. The second-order valence-corrected chi connectivity index (χ2v) is 2.73. The molecule has 0 N–H and O–H groups in total. The van der Waals surface area contributed by atoms with Crippen molar-refractivity contribution in [2.24, 2.45) is 0 Å². The zero-order valence-corrected chi connectivity index (χ0v) is 8.41. The average Bonchev–Trinajstić information content (AvgIpc) is 2.21. The minimum Gasteiger partial charge on any atom is -0.264 e. The Morgan fingerprint density at radius 3 is 2.54 bits per heavy atom. The standard InChI is InChI=1S/C10H9N.C2H6/c1-8-2-3-10-7-11-5-4-9(10)6-8;1-2/h2-7H,1H3;1-2H3. The lowest BCUT2D eigenvalue weighted by molar-refractivity contribution is 1.36. The summed E-state index contributed by atoms with van der Waals surface area (Å²) in [5.74, 6) is 0. The molecule has 0 aliphatic heterocycles. The molecule has 2 aromatic rings. The van der Waals surface area contributed by atoms with Gasteiger partial charge in [0, 0.05) is 17.8 Å². The molecule has 0 radical (unpaired) electrons. The molecule has 68 valence electrons. The van der Waals surface area contributed by atoms with Crippen LogP contribution in [0.2, 0.25) is 0 Å². The van der Waals surface area contributed by atoms with Crippen LogP contribution < -0.4 is 0 Å². The maximum absolute atomic E-state index is 4.04. The molecule has 0 atom stereocenters. The molecule has 0 unspecified atom stereocenters. The number of hydrogen-bond donors (Lipinski definition) is 0. The monoisotopic (exact) mass is 173 g/mol. The molecule has 1 aromatic carbocycles. The summed E-state index contributed by atoms with van der Waals surface area (Å²) in [5, 5.41) is 2.47. The van der Waals surface area contributed by atoms with Gasteiger partial charge in [-0.15, -0.1) is 0 Å². The van der Waals surface area contributed by atoms with E-state index in [-0.39, 0.29) is 0 Å². The van der Waals surface area contributed by atoms with Gasteiger partial charge in [0.15, 0.2) is 0 Å². The Hall–Kier alpha value is -1.37. The molecule has 1 aromatic heterocycles. The molecule has 0 saturated heterocycles. The van der Waals surface area contributed by atoms with Crippen LogP contribution in [0.4, 0.5) is 0 Å². The van der Waals surface area contributed by atoms with Gasteiger partial charge in [0.1, 0.15) is 0 Å². The molecule has 0 bridgehead atoms. The zero-order chi connectivity index (χ0) is 9.68. The first kappa shape index (κ1) is 9.72. The number of benzene rings is 1. The molecule has 0 amide bonds. The largest absolute Gasteiger partial charge is 0.264 e.